The summed E-state index contributed by atoms with van der Waals surface area (Å²) in [6.07, 6.45) is 3.19. The molecule has 0 amide bonds. The summed E-state index contributed by atoms with van der Waals surface area (Å²) < 4.78 is 17.0. The molecule has 3 aromatic rings. The molecule has 38 heavy (non-hydrogen) atoms. The van der Waals surface area contributed by atoms with Crippen molar-refractivity contribution in [2.45, 2.75) is 31.8 Å². The lowest BCUT2D eigenvalue weighted by Crippen LogP contribution is -2.17. The van der Waals surface area contributed by atoms with Gasteiger partial charge < -0.3 is 19.3 Å². The van der Waals surface area contributed by atoms with Crippen molar-refractivity contribution in [3.63, 3.8) is 0 Å². The van der Waals surface area contributed by atoms with Crippen LogP contribution in [0.25, 0.3) is 0 Å². The van der Waals surface area contributed by atoms with E-state index in [0.29, 0.717) is 32.5 Å². The maximum atomic E-state index is 11.8. The van der Waals surface area contributed by atoms with Gasteiger partial charge in [0.2, 0.25) is 0 Å². The molecular weight excluding hydrogens is 525 g/mol. The first kappa shape index (κ1) is 26.1. The van der Waals surface area contributed by atoms with Crippen LogP contribution in [0.4, 0.5) is 0 Å². The maximum absolute atomic E-state index is 11.8. The van der Waals surface area contributed by atoms with Crippen LogP contribution in [0.15, 0.2) is 72.0 Å². The van der Waals surface area contributed by atoms with E-state index >= 15 is 0 Å². The molecule has 3 aromatic carbocycles. The highest BCUT2D eigenvalue weighted by molar-refractivity contribution is 6.41. The Balaban J connectivity index is 1.28. The van der Waals surface area contributed by atoms with Gasteiger partial charge in [-0.15, -0.1) is 0 Å². The minimum atomic E-state index is -0.362. The number of carbonyl (C=O) groups is 1. The van der Waals surface area contributed by atoms with E-state index < -0.39 is 0 Å². The number of methoxy groups -OCH3 is 1. The summed E-state index contributed by atoms with van der Waals surface area (Å²) in [5.74, 6) is 1.20. The fourth-order valence-corrected chi connectivity index (χ4v) is 5.15. The second-order valence-electron chi connectivity index (χ2n) is 9.43. The number of aliphatic hydroxyl groups is 1. The van der Waals surface area contributed by atoms with Crippen LogP contribution < -0.4 is 9.47 Å². The maximum Gasteiger partial charge on any atom is 0.337 e. The Bertz CT molecular complexity index is 1390. The summed E-state index contributed by atoms with van der Waals surface area (Å²) >= 11 is 12.7. The first-order valence-corrected chi connectivity index (χ1v) is 13.2. The van der Waals surface area contributed by atoms with Crippen molar-refractivity contribution in [1.29, 1.82) is 5.41 Å². The van der Waals surface area contributed by atoms with Crippen molar-refractivity contribution in [3.05, 3.63) is 104 Å². The van der Waals surface area contributed by atoms with Crippen LogP contribution in [-0.2, 0) is 11.2 Å². The molecule has 0 saturated heterocycles. The van der Waals surface area contributed by atoms with Gasteiger partial charge in [0.25, 0.3) is 0 Å². The van der Waals surface area contributed by atoms with E-state index in [9.17, 15) is 9.90 Å². The predicted octanol–water partition coefficient (Wildman–Crippen LogP) is 7.52. The lowest BCUT2D eigenvalue weighted by Gasteiger charge is -2.27. The van der Waals surface area contributed by atoms with E-state index in [1.54, 1.807) is 24.3 Å². The summed E-state index contributed by atoms with van der Waals surface area (Å²) in [5.41, 5.74) is 3.33. The van der Waals surface area contributed by atoms with Crippen LogP contribution in [0.1, 0.15) is 52.4 Å². The van der Waals surface area contributed by atoms with Crippen molar-refractivity contribution in [2.24, 2.45) is 5.92 Å². The van der Waals surface area contributed by atoms with Gasteiger partial charge in [-0.1, -0.05) is 41.4 Å². The third-order valence-electron chi connectivity index (χ3n) is 6.85. The molecule has 196 valence electrons. The molecule has 0 radical (unpaired) electrons. The number of esters is 1. The minimum Gasteiger partial charge on any atom is -0.512 e. The van der Waals surface area contributed by atoms with Gasteiger partial charge in [-0.3, -0.25) is 5.41 Å². The number of benzene rings is 3. The van der Waals surface area contributed by atoms with Crippen LogP contribution in [0.5, 0.6) is 11.5 Å². The van der Waals surface area contributed by atoms with Gasteiger partial charge in [-0.05, 0) is 79.3 Å². The van der Waals surface area contributed by atoms with Crippen LogP contribution >= 0.6 is 23.2 Å². The highest BCUT2D eigenvalue weighted by atomic mass is 35.5. The number of fused-ring (bicyclic) bond motifs is 1. The van der Waals surface area contributed by atoms with E-state index in [4.69, 9.17) is 42.8 Å². The van der Waals surface area contributed by atoms with Gasteiger partial charge in [-0.2, -0.15) is 0 Å². The van der Waals surface area contributed by atoms with E-state index in [1.807, 2.05) is 36.4 Å². The topological polar surface area (TPSA) is 88.8 Å². The second kappa shape index (κ2) is 11.1. The minimum absolute atomic E-state index is 0.0118. The average molecular weight is 552 g/mol. The Kier molecular flexibility index (Phi) is 7.63. The van der Waals surface area contributed by atoms with Gasteiger partial charge in [0, 0.05) is 11.5 Å². The average Bonchev–Trinajstić information content (AvgIpc) is 3.78. The van der Waals surface area contributed by atoms with Gasteiger partial charge >= 0.3 is 5.97 Å². The van der Waals surface area contributed by atoms with Crippen LogP contribution in [-0.4, -0.2) is 30.5 Å². The molecule has 8 heteroatoms. The number of rotatable bonds is 8. The molecule has 0 bridgehead atoms. The first-order chi connectivity index (χ1) is 18.4. The number of nitrogens with one attached hydrogen (secondary N) is 1. The molecule has 1 saturated carbocycles. The van der Waals surface area contributed by atoms with Gasteiger partial charge in [0.05, 0.1) is 34.0 Å². The Hall–Kier alpha value is -3.48. The number of hydrogen-bond acceptors (Lipinski definition) is 6. The first-order valence-electron chi connectivity index (χ1n) is 12.4. The molecule has 1 aliphatic carbocycles. The van der Waals surface area contributed by atoms with E-state index in [2.05, 4.69) is 0 Å². The van der Waals surface area contributed by atoms with Gasteiger partial charge in [0.1, 0.15) is 30.0 Å². The number of aryl methyl sites for hydroxylation is 1. The number of allylic oxidation sites excluding steroid dienone is 1. The van der Waals surface area contributed by atoms with Crippen LogP contribution in [0, 0.1) is 11.3 Å². The quantitative estimate of drug-likeness (QED) is 0.172. The molecular formula is C30H27Cl2NO5. The lowest BCUT2D eigenvalue weighted by atomic mass is 9.96. The third kappa shape index (κ3) is 5.52. The molecule has 1 unspecified atom stereocenters. The zero-order valence-corrected chi connectivity index (χ0v) is 22.3. The van der Waals surface area contributed by atoms with E-state index in [0.717, 1.165) is 42.6 Å². The summed E-state index contributed by atoms with van der Waals surface area (Å²) in [5, 5.41) is 20.3. The van der Waals surface area contributed by atoms with E-state index in [1.165, 1.54) is 7.11 Å². The standard InChI is InChI=1S/C30H27Cl2NO5/c1-36-30(35)20-10-14-26-19(15-20)9-13-25(38-26)17-7-11-21(12-8-17)37-16-22(29(34)18-5-6-18)28(33)27-23(31)3-2-4-24(27)32/h2-4,7-8,10-12,14-15,18,25,33-34H,5-6,9,13,16H2,1H3/b29-22-,33-28?. The highest BCUT2D eigenvalue weighted by Crippen LogP contribution is 2.39. The number of ether oxygens (including phenoxy) is 3. The van der Waals surface area contributed by atoms with Gasteiger partial charge in [0.15, 0.2) is 0 Å². The number of hydrogen-bond donors (Lipinski definition) is 2. The SMILES string of the molecule is COC(=O)c1ccc2c(c1)CCC(c1ccc(OC/C(C(=N)c3c(Cl)cccc3Cl)=C(/O)C3CC3)cc1)O2. The molecule has 1 fully saturated rings. The van der Waals surface area contributed by atoms with Crippen molar-refractivity contribution in [1.82, 2.24) is 0 Å². The molecule has 1 aliphatic heterocycles. The Morgan fingerprint density at radius 1 is 1.05 bits per heavy atom. The van der Waals surface area contributed by atoms with E-state index in [-0.39, 0.29) is 36.1 Å². The summed E-state index contributed by atoms with van der Waals surface area (Å²) in [6.45, 7) is 0.0118. The molecule has 0 spiro atoms. The largest absolute Gasteiger partial charge is 0.512 e. The Labute approximate surface area is 231 Å². The molecule has 6 nitrogen and oxygen atoms in total. The zero-order valence-electron chi connectivity index (χ0n) is 20.8. The van der Waals surface area contributed by atoms with Crippen LogP contribution in [0.3, 0.4) is 0 Å². The van der Waals surface area contributed by atoms with Crippen molar-refractivity contribution >= 4 is 34.9 Å². The predicted molar refractivity (Wildman–Crippen MR) is 147 cm³/mol. The Morgan fingerprint density at radius 2 is 1.76 bits per heavy atom. The third-order valence-corrected chi connectivity index (χ3v) is 7.48. The fraction of sp³-hybridized carbons (Fsp3) is 0.267. The monoisotopic (exact) mass is 551 g/mol. The number of aliphatic hydroxyl groups excluding tert-OH is 1. The number of carbonyl (C=O) groups excluding carboxylic acids is 1. The van der Waals surface area contributed by atoms with Crippen molar-refractivity contribution in [2.75, 3.05) is 13.7 Å². The van der Waals surface area contributed by atoms with Crippen molar-refractivity contribution in [3.8, 4) is 11.5 Å². The Morgan fingerprint density at radius 3 is 2.42 bits per heavy atom. The highest BCUT2D eigenvalue weighted by Gasteiger charge is 2.31. The van der Waals surface area contributed by atoms with Gasteiger partial charge in [-0.25, -0.2) is 4.79 Å². The lowest BCUT2D eigenvalue weighted by molar-refractivity contribution is 0.0600. The molecule has 0 aromatic heterocycles. The summed E-state index contributed by atoms with van der Waals surface area (Å²) in [6, 6.07) is 18.0. The number of halogens is 2. The zero-order chi connectivity index (χ0) is 26.8. The smallest absolute Gasteiger partial charge is 0.337 e. The fourth-order valence-electron chi connectivity index (χ4n) is 4.57. The second-order valence-corrected chi connectivity index (χ2v) is 10.2. The molecule has 1 atom stereocenters. The molecule has 2 N–H and O–H groups in total. The normalized spacial score (nSPS) is 17.1. The molecule has 5 rings (SSSR count). The molecule has 1 heterocycles. The summed E-state index contributed by atoms with van der Waals surface area (Å²) in [4.78, 5) is 11.8. The summed E-state index contributed by atoms with van der Waals surface area (Å²) in [7, 11) is 1.37. The van der Waals surface area contributed by atoms with Crippen LogP contribution in [0.2, 0.25) is 10.0 Å². The van der Waals surface area contributed by atoms with Crippen molar-refractivity contribution < 1.29 is 24.1 Å². The molecule has 2 aliphatic rings.